The Kier molecular flexibility index (Phi) is 5.27. The lowest BCUT2D eigenvalue weighted by Crippen LogP contribution is -2.48. The summed E-state index contributed by atoms with van der Waals surface area (Å²) in [6.07, 6.45) is 3.58. The monoisotopic (exact) mass is 309 g/mol. The van der Waals surface area contributed by atoms with Gasteiger partial charge in [0, 0.05) is 37.1 Å². The van der Waals surface area contributed by atoms with Crippen LogP contribution >= 0.6 is 11.3 Å². The molecule has 5 heteroatoms. The van der Waals surface area contributed by atoms with Gasteiger partial charge in [0.1, 0.15) is 5.01 Å². The number of hydrogen-bond acceptors (Lipinski definition) is 5. The van der Waals surface area contributed by atoms with Crippen molar-refractivity contribution in [1.82, 2.24) is 14.8 Å². The SMILES string of the molecule is CCCc1csc(CN2CC[C@@H](N3CCOCC3)[C@H]2C)n1. The van der Waals surface area contributed by atoms with E-state index in [-0.39, 0.29) is 0 Å². The third kappa shape index (κ3) is 3.65. The van der Waals surface area contributed by atoms with Crippen LogP contribution in [0.3, 0.4) is 0 Å². The normalized spacial score (nSPS) is 28.3. The van der Waals surface area contributed by atoms with Gasteiger partial charge in [-0.2, -0.15) is 0 Å². The van der Waals surface area contributed by atoms with Crippen LogP contribution in [0.4, 0.5) is 0 Å². The van der Waals surface area contributed by atoms with Gasteiger partial charge in [-0.05, 0) is 19.8 Å². The molecule has 21 heavy (non-hydrogen) atoms. The summed E-state index contributed by atoms with van der Waals surface area (Å²) in [7, 11) is 0. The predicted octanol–water partition coefficient (Wildman–Crippen LogP) is 2.39. The van der Waals surface area contributed by atoms with E-state index in [4.69, 9.17) is 9.72 Å². The van der Waals surface area contributed by atoms with Crippen molar-refractivity contribution in [3.8, 4) is 0 Å². The number of rotatable bonds is 5. The fourth-order valence-electron chi connectivity index (χ4n) is 3.57. The van der Waals surface area contributed by atoms with Crippen molar-refractivity contribution in [1.29, 1.82) is 0 Å². The number of likely N-dealkylation sites (tertiary alicyclic amines) is 1. The highest BCUT2D eigenvalue weighted by Crippen LogP contribution is 2.26. The third-order valence-corrected chi connectivity index (χ3v) is 5.69. The van der Waals surface area contributed by atoms with Crippen LogP contribution in [-0.2, 0) is 17.7 Å². The maximum atomic E-state index is 5.48. The van der Waals surface area contributed by atoms with E-state index in [9.17, 15) is 0 Å². The minimum atomic E-state index is 0.627. The molecule has 1 aromatic rings. The zero-order valence-corrected chi connectivity index (χ0v) is 14.1. The molecule has 0 aromatic carbocycles. The minimum absolute atomic E-state index is 0.627. The van der Waals surface area contributed by atoms with E-state index in [2.05, 4.69) is 29.0 Å². The number of thiazole rings is 1. The molecule has 2 aliphatic heterocycles. The summed E-state index contributed by atoms with van der Waals surface area (Å²) in [4.78, 5) is 10.0. The van der Waals surface area contributed by atoms with Crippen LogP contribution in [0.5, 0.6) is 0 Å². The average Bonchev–Trinajstić information content (AvgIpc) is 3.09. The molecule has 0 saturated carbocycles. The van der Waals surface area contributed by atoms with E-state index in [0.717, 1.165) is 39.3 Å². The molecule has 4 nitrogen and oxygen atoms in total. The number of aromatic nitrogens is 1. The molecule has 0 amide bonds. The maximum Gasteiger partial charge on any atom is 0.107 e. The first-order chi connectivity index (χ1) is 10.3. The molecule has 2 aliphatic rings. The Bertz CT molecular complexity index is 444. The average molecular weight is 309 g/mol. The molecular weight excluding hydrogens is 282 g/mol. The quantitative estimate of drug-likeness (QED) is 0.835. The molecule has 3 rings (SSSR count). The fraction of sp³-hybridized carbons (Fsp3) is 0.812. The molecule has 3 heterocycles. The predicted molar refractivity (Wildman–Crippen MR) is 86.8 cm³/mol. The minimum Gasteiger partial charge on any atom is -0.379 e. The van der Waals surface area contributed by atoms with Gasteiger partial charge in [-0.25, -0.2) is 4.98 Å². The summed E-state index contributed by atoms with van der Waals surface area (Å²) in [6, 6.07) is 1.32. The van der Waals surface area contributed by atoms with E-state index in [1.807, 2.05) is 11.3 Å². The van der Waals surface area contributed by atoms with Gasteiger partial charge in [0.25, 0.3) is 0 Å². The second kappa shape index (κ2) is 7.18. The van der Waals surface area contributed by atoms with Crippen LogP contribution in [0.1, 0.15) is 37.4 Å². The van der Waals surface area contributed by atoms with E-state index < -0.39 is 0 Å². The van der Waals surface area contributed by atoms with Gasteiger partial charge in [0.05, 0.1) is 25.5 Å². The van der Waals surface area contributed by atoms with Crippen molar-refractivity contribution in [2.75, 3.05) is 32.8 Å². The van der Waals surface area contributed by atoms with Crippen molar-refractivity contribution in [2.24, 2.45) is 0 Å². The van der Waals surface area contributed by atoms with Crippen LogP contribution in [0, 0.1) is 0 Å². The Morgan fingerprint density at radius 1 is 1.33 bits per heavy atom. The lowest BCUT2D eigenvalue weighted by atomic mass is 10.1. The van der Waals surface area contributed by atoms with Crippen molar-refractivity contribution in [2.45, 2.75) is 51.7 Å². The zero-order chi connectivity index (χ0) is 14.7. The van der Waals surface area contributed by atoms with Gasteiger partial charge in [-0.1, -0.05) is 13.3 Å². The van der Waals surface area contributed by atoms with Crippen molar-refractivity contribution < 1.29 is 4.74 Å². The van der Waals surface area contributed by atoms with E-state index >= 15 is 0 Å². The summed E-state index contributed by atoms with van der Waals surface area (Å²) >= 11 is 1.83. The van der Waals surface area contributed by atoms with Crippen LogP contribution in [0.2, 0.25) is 0 Å². The van der Waals surface area contributed by atoms with Gasteiger partial charge in [-0.15, -0.1) is 11.3 Å². The molecule has 0 N–H and O–H groups in total. The molecule has 2 fully saturated rings. The van der Waals surface area contributed by atoms with Crippen molar-refractivity contribution in [3.05, 3.63) is 16.1 Å². The maximum absolute atomic E-state index is 5.48. The Hall–Kier alpha value is -0.490. The van der Waals surface area contributed by atoms with Gasteiger partial charge in [0.15, 0.2) is 0 Å². The highest BCUT2D eigenvalue weighted by Gasteiger charge is 2.35. The topological polar surface area (TPSA) is 28.6 Å². The molecule has 118 valence electrons. The van der Waals surface area contributed by atoms with E-state index in [0.29, 0.717) is 12.1 Å². The molecule has 0 aliphatic carbocycles. The van der Waals surface area contributed by atoms with Crippen molar-refractivity contribution in [3.63, 3.8) is 0 Å². The largest absolute Gasteiger partial charge is 0.379 e. The first kappa shape index (κ1) is 15.4. The molecule has 1 aromatic heterocycles. The van der Waals surface area contributed by atoms with Crippen LogP contribution in [0.15, 0.2) is 5.38 Å². The molecule has 0 spiro atoms. The number of nitrogens with zero attached hydrogens (tertiary/aromatic N) is 3. The Balaban J connectivity index is 1.56. The lowest BCUT2D eigenvalue weighted by Gasteiger charge is -2.35. The summed E-state index contributed by atoms with van der Waals surface area (Å²) in [5.74, 6) is 0. The van der Waals surface area contributed by atoms with E-state index in [1.165, 1.54) is 30.1 Å². The summed E-state index contributed by atoms with van der Waals surface area (Å²) in [6.45, 7) is 10.8. The molecule has 2 atom stereocenters. The van der Waals surface area contributed by atoms with E-state index in [1.54, 1.807) is 0 Å². The number of aryl methyl sites for hydroxylation is 1. The molecule has 0 unspecified atom stereocenters. The van der Waals surface area contributed by atoms with Gasteiger partial charge in [0.2, 0.25) is 0 Å². The second-order valence-corrected chi connectivity index (χ2v) is 7.14. The Morgan fingerprint density at radius 2 is 2.14 bits per heavy atom. The van der Waals surface area contributed by atoms with Crippen LogP contribution < -0.4 is 0 Å². The number of morpholine rings is 1. The van der Waals surface area contributed by atoms with Gasteiger partial charge >= 0.3 is 0 Å². The molecule has 2 saturated heterocycles. The van der Waals surface area contributed by atoms with Gasteiger partial charge in [-0.3, -0.25) is 9.80 Å². The highest BCUT2D eigenvalue weighted by molar-refractivity contribution is 7.09. The molecular formula is C16H27N3OS. The third-order valence-electron chi connectivity index (χ3n) is 4.80. The number of hydrogen-bond donors (Lipinski definition) is 0. The van der Waals surface area contributed by atoms with Crippen LogP contribution in [-0.4, -0.2) is 59.7 Å². The summed E-state index contributed by atoms with van der Waals surface area (Å²) in [5.41, 5.74) is 1.27. The smallest absolute Gasteiger partial charge is 0.107 e. The standard InChI is InChI=1S/C16H27N3OS/c1-3-4-14-12-21-16(17-14)11-19-6-5-15(13(19)2)18-7-9-20-10-8-18/h12-13,15H,3-11H2,1-2H3/t13-,15-/m1/s1. The zero-order valence-electron chi connectivity index (χ0n) is 13.3. The van der Waals surface area contributed by atoms with Crippen LogP contribution in [0.25, 0.3) is 0 Å². The van der Waals surface area contributed by atoms with Gasteiger partial charge < -0.3 is 4.74 Å². The first-order valence-electron chi connectivity index (χ1n) is 8.27. The fourth-order valence-corrected chi connectivity index (χ4v) is 4.43. The first-order valence-corrected chi connectivity index (χ1v) is 9.15. The summed E-state index contributed by atoms with van der Waals surface area (Å²) in [5, 5.41) is 3.52. The summed E-state index contributed by atoms with van der Waals surface area (Å²) < 4.78 is 5.48. The molecule has 0 radical (unpaired) electrons. The Labute approximate surface area is 132 Å². The highest BCUT2D eigenvalue weighted by atomic mass is 32.1. The second-order valence-electron chi connectivity index (χ2n) is 6.20. The Morgan fingerprint density at radius 3 is 2.90 bits per heavy atom. The lowest BCUT2D eigenvalue weighted by molar-refractivity contribution is 0.00983. The molecule has 0 bridgehead atoms. The number of ether oxygens (including phenoxy) is 1. The van der Waals surface area contributed by atoms with Crippen molar-refractivity contribution >= 4 is 11.3 Å².